The molecule has 0 aromatic heterocycles. The summed E-state index contributed by atoms with van der Waals surface area (Å²) in [6, 6.07) is 14.2. The molecule has 2 aromatic rings. The van der Waals surface area contributed by atoms with Crippen molar-refractivity contribution in [3.8, 4) is 0 Å². The van der Waals surface area contributed by atoms with Crippen molar-refractivity contribution in [2.24, 2.45) is 5.73 Å². The number of aryl methyl sites for hydroxylation is 1. The Balaban J connectivity index is 2.19. The van der Waals surface area contributed by atoms with Gasteiger partial charge < -0.3 is 10.6 Å². The van der Waals surface area contributed by atoms with Crippen LogP contribution in [0.1, 0.15) is 21.5 Å². The Kier molecular flexibility index (Phi) is 6.03. The van der Waals surface area contributed by atoms with Crippen LogP contribution in [0.25, 0.3) is 0 Å². The molecule has 0 heterocycles. The Morgan fingerprint density at radius 2 is 1.88 bits per heavy atom. The lowest BCUT2D eigenvalue weighted by atomic mass is 10.1. The van der Waals surface area contributed by atoms with Crippen LogP contribution in [-0.4, -0.2) is 35.4 Å². The average molecular weight is 327 g/mol. The largest absolute Gasteiger partial charge is 0.337 e. The molecule has 0 bridgehead atoms. The first-order valence-electron chi connectivity index (χ1n) is 7.81. The maximum atomic E-state index is 12.8. The minimum absolute atomic E-state index is 0.0836. The molecule has 6 heteroatoms. The predicted molar refractivity (Wildman–Crippen MR) is 92.9 cm³/mol. The van der Waals surface area contributed by atoms with Crippen LogP contribution in [0.2, 0.25) is 0 Å². The maximum absolute atomic E-state index is 12.8. The molecule has 24 heavy (non-hydrogen) atoms. The second-order valence-corrected chi connectivity index (χ2v) is 5.57. The van der Waals surface area contributed by atoms with E-state index in [1.807, 2.05) is 30.3 Å². The predicted octanol–water partition coefficient (Wildman–Crippen LogP) is 2.55. The Bertz CT molecular complexity index is 717. The van der Waals surface area contributed by atoms with Crippen LogP contribution in [0.4, 0.5) is 5.69 Å². The quantitative estimate of drug-likeness (QED) is 0.625. The van der Waals surface area contributed by atoms with E-state index in [1.54, 1.807) is 17.9 Å². The molecule has 0 saturated carbocycles. The molecule has 126 valence electrons. The average Bonchev–Trinajstić information content (AvgIpc) is 2.59. The maximum Gasteiger partial charge on any atom is 0.270 e. The fourth-order valence-corrected chi connectivity index (χ4v) is 2.50. The van der Waals surface area contributed by atoms with Crippen LogP contribution >= 0.6 is 0 Å². The fraction of sp³-hybridized carbons (Fsp3) is 0.278. The Labute approximate surface area is 141 Å². The van der Waals surface area contributed by atoms with Crippen LogP contribution < -0.4 is 5.73 Å². The summed E-state index contributed by atoms with van der Waals surface area (Å²) in [5, 5.41) is 11.0. The highest BCUT2D eigenvalue weighted by Gasteiger charge is 2.20. The van der Waals surface area contributed by atoms with Gasteiger partial charge in [0.1, 0.15) is 0 Å². The van der Waals surface area contributed by atoms with Gasteiger partial charge in [0, 0.05) is 37.3 Å². The molecule has 0 radical (unpaired) electrons. The molecule has 0 spiro atoms. The molecule has 0 unspecified atom stereocenters. The number of non-ortho nitro benzene ring substituents is 1. The summed E-state index contributed by atoms with van der Waals surface area (Å²) in [6.07, 6.45) is 0.709. The summed E-state index contributed by atoms with van der Waals surface area (Å²) in [5.74, 6) is -0.224. The van der Waals surface area contributed by atoms with Gasteiger partial charge in [-0.1, -0.05) is 36.4 Å². The third kappa shape index (κ3) is 4.39. The van der Waals surface area contributed by atoms with Crippen LogP contribution in [0.5, 0.6) is 0 Å². The van der Waals surface area contributed by atoms with Gasteiger partial charge in [0.05, 0.1) is 4.92 Å². The number of nitrogens with zero attached hydrogens (tertiary/aromatic N) is 2. The zero-order valence-corrected chi connectivity index (χ0v) is 13.6. The highest BCUT2D eigenvalue weighted by Crippen LogP contribution is 2.19. The van der Waals surface area contributed by atoms with Crippen molar-refractivity contribution >= 4 is 11.6 Å². The minimum Gasteiger partial charge on any atom is -0.337 e. The number of nitrogens with two attached hydrogens (primary N) is 1. The van der Waals surface area contributed by atoms with Crippen molar-refractivity contribution in [2.45, 2.75) is 13.3 Å². The van der Waals surface area contributed by atoms with E-state index in [-0.39, 0.29) is 11.6 Å². The van der Waals surface area contributed by atoms with Crippen molar-refractivity contribution in [1.82, 2.24) is 4.90 Å². The number of carbonyl (C=O) groups excluding carboxylic acids is 1. The van der Waals surface area contributed by atoms with Gasteiger partial charge in [-0.3, -0.25) is 14.9 Å². The SMILES string of the molecule is Cc1ccc([N+](=O)[O-])cc1C(=O)N(CCN)CCc1ccccc1. The summed E-state index contributed by atoms with van der Waals surface area (Å²) in [5.41, 5.74) is 7.74. The molecule has 0 atom stereocenters. The highest BCUT2D eigenvalue weighted by atomic mass is 16.6. The number of nitro benzene ring substituents is 1. The third-order valence-electron chi connectivity index (χ3n) is 3.86. The van der Waals surface area contributed by atoms with Gasteiger partial charge in [-0.15, -0.1) is 0 Å². The first kappa shape index (κ1) is 17.6. The van der Waals surface area contributed by atoms with Crippen LogP contribution in [0.3, 0.4) is 0 Å². The molecule has 0 saturated heterocycles. The summed E-state index contributed by atoms with van der Waals surface area (Å²) in [6.45, 7) is 3.04. The van der Waals surface area contributed by atoms with Gasteiger partial charge in [-0.25, -0.2) is 0 Å². The van der Waals surface area contributed by atoms with Gasteiger partial charge >= 0.3 is 0 Å². The third-order valence-corrected chi connectivity index (χ3v) is 3.86. The van der Waals surface area contributed by atoms with E-state index >= 15 is 0 Å². The number of carbonyl (C=O) groups is 1. The van der Waals surface area contributed by atoms with Crippen molar-refractivity contribution in [2.75, 3.05) is 19.6 Å². The van der Waals surface area contributed by atoms with Gasteiger partial charge in [-0.05, 0) is 24.5 Å². The number of nitro groups is 1. The second kappa shape index (κ2) is 8.21. The van der Waals surface area contributed by atoms with E-state index in [4.69, 9.17) is 5.73 Å². The number of hydrogen-bond acceptors (Lipinski definition) is 4. The zero-order chi connectivity index (χ0) is 17.5. The molecule has 2 aromatic carbocycles. The van der Waals surface area contributed by atoms with E-state index in [0.717, 1.165) is 5.56 Å². The monoisotopic (exact) mass is 327 g/mol. The number of hydrogen-bond donors (Lipinski definition) is 1. The molecular formula is C18H21N3O3. The molecule has 0 aliphatic carbocycles. The summed E-state index contributed by atoms with van der Waals surface area (Å²) in [4.78, 5) is 24.9. The molecule has 6 nitrogen and oxygen atoms in total. The zero-order valence-electron chi connectivity index (χ0n) is 13.6. The van der Waals surface area contributed by atoms with Gasteiger partial charge in [0.2, 0.25) is 0 Å². The smallest absolute Gasteiger partial charge is 0.270 e. The molecule has 1 amide bonds. The Morgan fingerprint density at radius 1 is 1.17 bits per heavy atom. The molecular weight excluding hydrogens is 306 g/mol. The minimum atomic E-state index is -0.493. The summed E-state index contributed by atoms with van der Waals surface area (Å²) in [7, 11) is 0. The summed E-state index contributed by atoms with van der Waals surface area (Å²) >= 11 is 0. The van der Waals surface area contributed by atoms with Gasteiger partial charge in [0.25, 0.3) is 11.6 Å². The Hall–Kier alpha value is -2.73. The topological polar surface area (TPSA) is 89.5 Å². The lowest BCUT2D eigenvalue weighted by Gasteiger charge is -2.23. The standard InChI is InChI=1S/C18H21N3O3/c1-14-7-8-16(21(23)24)13-17(14)18(22)20(12-10-19)11-9-15-5-3-2-4-6-15/h2-8,13H,9-12,19H2,1H3. The van der Waals surface area contributed by atoms with E-state index in [9.17, 15) is 14.9 Å². The molecule has 2 N–H and O–H groups in total. The van der Waals surface area contributed by atoms with E-state index in [1.165, 1.54) is 12.1 Å². The van der Waals surface area contributed by atoms with Crippen molar-refractivity contribution in [3.63, 3.8) is 0 Å². The van der Waals surface area contributed by atoms with Crippen molar-refractivity contribution in [1.29, 1.82) is 0 Å². The highest BCUT2D eigenvalue weighted by molar-refractivity contribution is 5.96. The fourth-order valence-electron chi connectivity index (χ4n) is 2.50. The van der Waals surface area contributed by atoms with Crippen LogP contribution in [0.15, 0.2) is 48.5 Å². The van der Waals surface area contributed by atoms with Gasteiger partial charge in [0.15, 0.2) is 0 Å². The van der Waals surface area contributed by atoms with Gasteiger partial charge in [-0.2, -0.15) is 0 Å². The number of amides is 1. The van der Waals surface area contributed by atoms with Crippen LogP contribution in [-0.2, 0) is 6.42 Å². The van der Waals surface area contributed by atoms with Crippen LogP contribution in [0, 0.1) is 17.0 Å². The molecule has 0 aliphatic rings. The second-order valence-electron chi connectivity index (χ2n) is 5.57. The number of benzene rings is 2. The lowest BCUT2D eigenvalue weighted by Crippen LogP contribution is -2.37. The van der Waals surface area contributed by atoms with E-state index in [2.05, 4.69) is 0 Å². The Morgan fingerprint density at radius 3 is 2.50 bits per heavy atom. The van der Waals surface area contributed by atoms with E-state index in [0.29, 0.717) is 37.2 Å². The molecule has 0 aliphatic heterocycles. The van der Waals surface area contributed by atoms with E-state index < -0.39 is 4.92 Å². The first-order valence-corrected chi connectivity index (χ1v) is 7.81. The lowest BCUT2D eigenvalue weighted by molar-refractivity contribution is -0.384. The van der Waals surface area contributed by atoms with Crippen molar-refractivity contribution in [3.05, 3.63) is 75.3 Å². The molecule has 2 rings (SSSR count). The normalized spacial score (nSPS) is 10.4. The van der Waals surface area contributed by atoms with Crippen molar-refractivity contribution < 1.29 is 9.72 Å². The number of rotatable bonds is 7. The molecule has 0 fully saturated rings. The first-order chi connectivity index (χ1) is 11.5. The summed E-state index contributed by atoms with van der Waals surface area (Å²) < 4.78 is 0.